The fourth-order valence-electron chi connectivity index (χ4n) is 9.09. The van der Waals surface area contributed by atoms with Crippen LogP contribution in [0.1, 0.15) is 252 Å². The number of aliphatic carboxylic acids is 1. The van der Waals surface area contributed by atoms with Crippen LogP contribution in [-0.4, -0.2) is 89.2 Å². The van der Waals surface area contributed by atoms with Gasteiger partial charge in [-0.05, 0) is 128 Å². The first-order valence-corrected chi connectivity index (χ1v) is 32.5. The van der Waals surface area contributed by atoms with Crippen molar-refractivity contribution in [2.45, 2.75) is 289 Å². The van der Waals surface area contributed by atoms with Crippen LogP contribution in [0.25, 0.3) is 0 Å². The van der Waals surface area contributed by atoms with Crippen molar-refractivity contribution in [3.63, 3.8) is 0 Å². The molecule has 6 unspecified atom stereocenters. The molecule has 0 aromatic heterocycles. The number of unbranched alkanes of at least 4 members (excludes halogenated alkanes) is 20. The third kappa shape index (κ3) is 47.1. The lowest BCUT2D eigenvalue weighted by molar-refractivity contribution is -0.301. The summed E-state index contributed by atoms with van der Waals surface area (Å²) in [7, 11) is 0. The predicted octanol–water partition coefficient (Wildman–Crippen LogP) is 17.6. The molecule has 0 aliphatic carbocycles. The molecule has 0 spiro atoms. The highest BCUT2D eigenvalue weighted by molar-refractivity contribution is 5.74. The Bertz CT molecular complexity index is 1900. The number of aliphatic hydroxyl groups is 2. The van der Waals surface area contributed by atoms with Gasteiger partial charge in [0.05, 0.1) is 6.61 Å². The van der Waals surface area contributed by atoms with E-state index in [4.69, 9.17) is 23.7 Å². The van der Waals surface area contributed by atoms with Gasteiger partial charge < -0.3 is 39.0 Å². The number of ether oxygens (including phenoxy) is 5. The average molecular weight is 1160 g/mol. The van der Waals surface area contributed by atoms with Crippen molar-refractivity contribution in [1.29, 1.82) is 0 Å². The number of hydrogen-bond acceptors (Lipinski definition) is 11. The highest BCUT2D eigenvalue weighted by Crippen LogP contribution is 2.26. The number of esters is 3. The minimum absolute atomic E-state index is 0.0441. The average Bonchev–Trinajstić information content (AvgIpc) is 3.58. The van der Waals surface area contributed by atoms with Gasteiger partial charge in [0.2, 0.25) is 0 Å². The number of allylic oxidation sites excluding steroid dienone is 20. The zero-order chi connectivity index (χ0) is 60.3. The van der Waals surface area contributed by atoms with Crippen molar-refractivity contribution in [1.82, 2.24) is 0 Å². The summed E-state index contributed by atoms with van der Waals surface area (Å²) >= 11 is 0. The number of rotatable bonds is 54. The van der Waals surface area contributed by atoms with Crippen LogP contribution in [0.5, 0.6) is 0 Å². The highest BCUT2D eigenvalue weighted by Gasteiger charge is 2.50. The molecule has 0 radical (unpaired) electrons. The van der Waals surface area contributed by atoms with E-state index in [0.29, 0.717) is 19.3 Å². The van der Waals surface area contributed by atoms with Crippen LogP contribution in [0.4, 0.5) is 0 Å². The van der Waals surface area contributed by atoms with Crippen LogP contribution in [0, 0.1) is 0 Å². The van der Waals surface area contributed by atoms with Gasteiger partial charge in [0, 0.05) is 19.3 Å². The number of carbonyl (C=O) groups is 4. The summed E-state index contributed by atoms with van der Waals surface area (Å²) in [5.41, 5.74) is 0. The van der Waals surface area contributed by atoms with Crippen molar-refractivity contribution >= 4 is 23.9 Å². The summed E-state index contributed by atoms with van der Waals surface area (Å²) in [5, 5.41) is 31.6. The first kappa shape index (κ1) is 76.1. The second-order valence-corrected chi connectivity index (χ2v) is 21.6. The number of aliphatic hydroxyl groups excluding tert-OH is 2. The van der Waals surface area contributed by atoms with Gasteiger partial charge >= 0.3 is 23.9 Å². The van der Waals surface area contributed by atoms with Gasteiger partial charge in [-0.3, -0.25) is 14.4 Å². The number of carboxylic acid groups (broad SMARTS) is 1. The molecule has 12 heteroatoms. The molecule has 1 aliphatic heterocycles. The van der Waals surface area contributed by atoms with Gasteiger partial charge in [-0.1, -0.05) is 226 Å². The molecule has 0 saturated carbocycles. The molecular formula is C71H114O12. The number of carbonyl (C=O) groups excluding carboxylic acids is 3. The smallest absolute Gasteiger partial charge is 0.335 e. The molecular weight excluding hydrogens is 1040 g/mol. The van der Waals surface area contributed by atoms with Gasteiger partial charge in [-0.2, -0.15) is 0 Å². The van der Waals surface area contributed by atoms with Crippen LogP contribution in [-0.2, 0) is 42.9 Å². The molecule has 3 N–H and O–H groups in total. The van der Waals surface area contributed by atoms with E-state index in [2.05, 4.69) is 142 Å². The Balaban J connectivity index is 2.70. The third-order valence-corrected chi connectivity index (χ3v) is 14.0. The zero-order valence-corrected chi connectivity index (χ0v) is 51.9. The maximum absolute atomic E-state index is 13.2. The third-order valence-electron chi connectivity index (χ3n) is 14.0. The maximum Gasteiger partial charge on any atom is 0.335 e. The summed E-state index contributed by atoms with van der Waals surface area (Å²) in [5.74, 6) is -3.20. The lowest BCUT2D eigenvalue weighted by Gasteiger charge is -2.40. The van der Waals surface area contributed by atoms with Crippen molar-refractivity contribution < 1.29 is 58.2 Å². The molecule has 0 amide bonds. The fraction of sp³-hybridized carbons (Fsp3) is 0.662. The Morgan fingerprint density at radius 3 is 1.16 bits per heavy atom. The largest absolute Gasteiger partial charge is 0.479 e. The van der Waals surface area contributed by atoms with E-state index in [9.17, 15) is 34.5 Å². The normalized spacial score (nSPS) is 18.4. The maximum atomic E-state index is 13.2. The first-order valence-electron chi connectivity index (χ1n) is 32.5. The second kappa shape index (κ2) is 57.5. The molecule has 1 heterocycles. The van der Waals surface area contributed by atoms with Crippen LogP contribution < -0.4 is 0 Å². The van der Waals surface area contributed by atoms with E-state index in [0.717, 1.165) is 141 Å². The van der Waals surface area contributed by atoms with E-state index < -0.39 is 67.3 Å². The molecule has 6 atom stereocenters. The molecule has 470 valence electrons. The number of carboxylic acids is 1. The molecule has 1 fully saturated rings. The predicted molar refractivity (Wildman–Crippen MR) is 340 cm³/mol. The van der Waals surface area contributed by atoms with Gasteiger partial charge in [-0.15, -0.1) is 0 Å². The van der Waals surface area contributed by atoms with Crippen LogP contribution in [0.3, 0.4) is 0 Å². The van der Waals surface area contributed by atoms with Gasteiger partial charge in [0.25, 0.3) is 0 Å². The van der Waals surface area contributed by atoms with Crippen LogP contribution >= 0.6 is 0 Å². The molecule has 1 saturated heterocycles. The molecule has 12 nitrogen and oxygen atoms in total. The molecule has 83 heavy (non-hydrogen) atoms. The molecule has 0 aromatic rings. The fourth-order valence-corrected chi connectivity index (χ4v) is 9.09. The Morgan fingerprint density at radius 1 is 0.410 bits per heavy atom. The lowest BCUT2D eigenvalue weighted by atomic mass is 9.98. The monoisotopic (exact) mass is 1160 g/mol. The first-order chi connectivity index (χ1) is 40.6. The summed E-state index contributed by atoms with van der Waals surface area (Å²) in [6.45, 7) is 5.71. The van der Waals surface area contributed by atoms with E-state index in [1.807, 2.05) is 0 Å². The molecule has 0 bridgehead atoms. The minimum Gasteiger partial charge on any atom is -0.479 e. The van der Waals surface area contributed by atoms with Crippen molar-refractivity contribution in [3.8, 4) is 0 Å². The van der Waals surface area contributed by atoms with Gasteiger partial charge in [0.15, 0.2) is 24.6 Å². The van der Waals surface area contributed by atoms with E-state index in [1.54, 1.807) is 0 Å². The Kier molecular flexibility index (Phi) is 52.8. The van der Waals surface area contributed by atoms with Crippen molar-refractivity contribution in [2.24, 2.45) is 0 Å². The molecule has 0 aromatic carbocycles. The second-order valence-electron chi connectivity index (χ2n) is 21.6. The van der Waals surface area contributed by atoms with Crippen molar-refractivity contribution in [3.05, 3.63) is 122 Å². The van der Waals surface area contributed by atoms with E-state index >= 15 is 0 Å². The zero-order valence-electron chi connectivity index (χ0n) is 51.9. The summed E-state index contributed by atoms with van der Waals surface area (Å²) in [6.07, 6.45) is 67.2. The lowest BCUT2D eigenvalue weighted by Crippen LogP contribution is -2.61. The van der Waals surface area contributed by atoms with E-state index in [-0.39, 0.29) is 25.9 Å². The van der Waals surface area contributed by atoms with Crippen LogP contribution in [0.2, 0.25) is 0 Å². The Hall–Kier alpha value is -4.88. The Labute approximate surface area is 503 Å². The summed E-state index contributed by atoms with van der Waals surface area (Å²) in [4.78, 5) is 51.4. The summed E-state index contributed by atoms with van der Waals surface area (Å²) < 4.78 is 28.5. The van der Waals surface area contributed by atoms with Gasteiger partial charge in [-0.25, -0.2) is 4.79 Å². The highest BCUT2D eigenvalue weighted by atomic mass is 16.7. The topological polar surface area (TPSA) is 175 Å². The molecule has 1 rings (SSSR count). The van der Waals surface area contributed by atoms with Crippen molar-refractivity contribution in [2.75, 3.05) is 13.2 Å². The van der Waals surface area contributed by atoms with Crippen LogP contribution in [0.15, 0.2) is 122 Å². The minimum atomic E-state index is -1.92. The Morgan fingerprint density at radius 2 is 0.759 bits per heavy atom. The SMILES string of the molecule is CC/C=C\C/C=C\C/C=C\C/C=C\CCCCCCC(=O)OCC(COC1OC(C(=O)O)C(O)C(O)C1OC(=O)CCCCCCCCCCC/C=C\C/C=C\CCCCC)OC(=O)CCCCCC/C=C\C/C=C\C/C=C\C/C=C\CC. The van der Waals surface area contributed by atoms with E-state index in [1.165, 1.54) is 51.4 Å². The quantitative estimate of drug-likeness (QED) is 0.0228. The number of hydrogen-bond donors (Lipinski definition) is 3. The van der Waals surface area contributed by atoms with Gasteiger partial charge in [0.1, 0.15) is 18.8 Å². The standard InChI is InChI=1S/C71H114O12/c1-4-7-10-13-16-19-22-25-28-31-32-35-38-41-44-47-50-53-56-59-65(74)82-69-67(76)66(75)68(70(77)78)83-71(69)80-61-62(81-64(73)58-55-52-49-46-43-40-37-34-30-27-24-21-18-15-12-9-6-3)60-79-63(72)57-54-51-48-45-42-39-36-33-29-26-23-20-17-14-11-8-5-2/h8-9,11-12,16-21,25-30,36-37,39-40,62,66-69,71,75-76H,4-7,10,13-15,22-24,31-35,38,41-61H2,1-3H3,(H,77,78)/b11-8-,12-9-,19-16-,20-17-,21-18-,28-25-,29-26-,30-27-,39-36-,40-37-. The summed E-state index contributed by atoms with van der Waals surface area (Å²) in [6, 6.07) is 0. The molecule has 1 aliphatic rings.